The van der Waals surface area contributed by atoms with E-state index in [2.05, 4.69) is 10.6 Å². The maximum absolute atomic E-state index is 10.8. The molecule has 0 amide bonds. The van der Waals surface area contributed by atoms with Gasteiger partial charge in [0.25, 0.3) is 0 Å². The molecular formula is C9H14N2O8. The fourth-order valence-corrected chi connectivity index (χ4v) is 1.25. The van der Waals surface area contributed by atoms with E-state index in [1.165, 1.54) is 0 Å². The standard InChI is InChI=1S/C9H14N2O8/c12-4(13)3-10-1-2-11-6(9(18)19)5(7(14)15)8(16)17/h5-6,10-11H,1-3H2,(H,12,13)(H,14,15)(H,16,17)(H,18,19). The highest BCUT2D eigenvalue weighted by Crippen LogP contribution is 2.05. The van der Waals surface area contributed by atoms with Crippen molar-refractivity contribution < 1.29 is 39.6 Å². The predicted octanol–water partition coefficient (Wildman–Crippen LogP) is -2.51. The Bertz CT molecular complexity index is 355. The van der Waals surface area contributed by atoms with E-state index >= 15 is 0 Å². The molecule has 1 unspecified atom stereocenters. The van der Waals surface area contributed by atoms with Crippen molar-refractivity contribution in [2.24, 2.45) is 5.92 Å². The molecule has 19 heavy (non-hydrogen) atoms. The van der Waals surface area contributed by atoms with Crippen LogP contribution in [0.15, 0.2) is 0 Å². The van der Waals surface area contributed by atoms with Crippen LogP contribution in [-0.2, 0) is 19.2 Å². The van der Waals surface area contributed by atoms with Gasteiger partial charge in [-0.1, -0.05) is 0 Å². The molecule has 0 aromatic heterocycles. The van der Waals surface area contributed by atoms with Crippen molar-refractivity contribution in [2.45, 2.75) is 6.04 Å². The minimum absolute atomic E-state index is 0.0437. The quantitative estimate of drug-likeness (QED) is 0.185. The average molecular weight is 278 g/mol. The monoisotopic (exact) mass is 278 g/mol. The van der Waals surface area contributed by atoms with E-state index in [9.17, 15) is 19.2 Å². The van der Waals surface area contributed by atoms with Crippen LogP contribution in [0.2, 0.25) is 0 Å². The van der Waals surface area contributed by atoms with Gasteiger partial charge in [0.1, 0.15) is 6.04 Å². The fourth-order valence-electron chi connectivity index (χ4n) is 1.25. The lowest BCUT2D eigenvalue weighted by Gasteiger charge is -2.18. The minimum Gasteiger partial charge on any atom is -0.481 e. The van der Waals surface area contributed by atoms with Crippen molar-refractivity contribution in [3.63, 3.8) is 0 Å². The van der Waals surface area contributed by atoms with Gasteiger partial charge < -0.3 is 31.1 Å². The lowest BCUT2D eigenvalue weighted by molar-refractivity contribution is -0.161. The van der Waals surface area contributed by atoms with Crippen LogP contribution < -0.4 is 10.6 Å². The first kappa shape index (κ1) is 16.8. The maximum atomic E-state index is 10.8. The zero-order valence-corrected chi connectivity index (χ0v) is 9.70. The summed E-state index contributed by atoms with van der Waals surface area (Å²) in [7, 11) is 0. The van der Waals surface area contributed by atoms with Crippen LogP contribution in [0.3, 0.4) is 0 Å². The van der Waals surface area contributed by atoms with Gasteiger partial charge in [-0.3, -0.25) is 19.2 Å². The third-order valence-electron chi connectivity index (χ3n) is 2.07. The number of hydrogen-bond donors (Lipinski definition) is 6. The fraction of sp³-hybridized carbons (Fsp3) is 0.556. The first-order valence-electron chi connectivity index (χ1n) is 5.11. The molecule has 6 N–H and O–H groups in total. The van der Waals surface area contributed by atoms with Gasteiger partial charge in [-0.2, -0.15) is 0 Å². The van der Waals surface area contributed by atoms with Gasteiger partial charge in [0.05, 0.1) is 6.54 Å². The summed E-state index contributed by atoms with van der Waals surface area (Å²) in [5.74, 6) is -8.40. The number of carbonyl (C=O) groups is 4. The van der Waals surface area contributed by atoms with Gasteiger partial charge in [0.15, 0.2) is 5.92 Å². The zero-order chi connectivity index (χ0) is 15.0. The second-order valence-corrected chi connectivity index (χ2v) is 3.49. The zero-order valence-electron chi connectivity index (χ0n) is 9.70. The Morgan fingerprint density at radius 3 is 1.74 bits per heavy atom. The van der Waals surface area contributed by atoms with Gasteiger partial charge in [-0.05, 0) is 0 Å². The molecule has 0 saturated carbocycles. The Balaban J connectivity index is 4.41. The maximum Gasteiger partial charge on any atom is 0.322 e. The van der Waals surface area contributed by atoms with Gasteiger partial charge >= 0.3 is 23.9 Å². The number of carboxylic acids is 4. The summed E-state index contributed by atoms with van der Waals surface area (Å²) in [5.41, 5.74) is 0. The lowest BCUT2D eigenvalue weighted by atomic mass is 10.0. The lowest BCUT2D eigenvalue weighted by Crippen LogP contribution is -2.51. The summed E-state index contributed by atoms with van der Waals surface area (Å²) in [5, 5.41) is 39.1. The summed E-state index contributed by atoms with van der Waals surface area (Å²) >= 11 is 0. The number of aliphatic carboxylic acids is 4. The summed E-state index contributed by atoms with van der Waals surface area (Å²) < 4.78 is 0. The smallest absolute Gasteiger partial charge is 0.322 e. The Morgan fingerprint density at radius 2 is 1.37 bits per heavy atom. The molecule has 108 valence electrons. The van der Waals surface area contributed by atoms with Crippen molar-refractivity contribution in [2.75, 3.05) is 19.6 Å². The van der Waals surface area contributed by atoms with Gasteiger partial charge in [-0.15, -0.1) is 0 Å². The van der Waals surface area contributed by atoms with Crippen LogP contribution in [-0.4, -0.2) is 70.0 Å². The molecule has 0 rings (SSSR count). The summed E-state index contributed by atoms with van der Waals surface area (Å²) in [6.07, 6.45) is 0. The van der Waals surface area contributed by atoms with Gasteiger partial charge in [-0.25, -0.2) is 0 Å². The van der Waals surface area contributed by atoms with Crippen molar-refractivity contribution in [1.82, 2.24) is 10.6 Å². The van der Waals surface area contributed by atoms with Crippen LogP contribution in [0.1, 0.15) is 0 Å². The van der Waals surface area contributed by atoms with Crippen molar-refractivity contribution in [3.05, 3.63) is 0 Å². The van der Waals surface area contributed by atoms with E-state index in [-0.39, 0.29) is 19.6 Å². The van der Waals surface area contributed by atoms with Crippen LogP contribution in [0, 0.1) is 5.92 Å². The molecule has 0 aromatic carbocycles. The van der Waals surface area contributed by atoms with Crippen LogP contribution in [0.25, 0.3) is 0 Å². The highest BCUT2D eigenvalue weighted by atomic mass is 16.4. The van der Waals surface area contributed by atoms with Crippen molar-refractivity contribution >= 4 is 23.9 Å². The molecule has 0 fully saturated rings. The third kappa shape index (κ3) is 6.33. The number of rotatable bonds is 10. The Kier molecular flexibility index (Phi) is 7.07. The Morgan fingerprint density at radius 1 is 0.842 bits per heavy atom. The molecule has 1 atom stereocenters. The molecule has 0 spiro atoms. The Labute approximate surface area is 107 Å². The van der Waals surface area contributed by atoms with Crippen molar-refractivity contribution in [3.8, 4) is 0 Å². The summed E-state index contributed by atoms with van der Waals surface area (Å²) in [6, 6.07) is -1.80. The molecule has 0 aliphatic heterocycles. The van der Waals surface area contributed by atoms with E-state index in [1.807, 2.05) is 0 Å². The molecular weight excluding hydrogens is 264 g/mol. The molecule has 0 aliphatic carbocycles. The molecule has 0 aliphatic rings. The van der Waals surface area contributed by atoms with Gasteiger partial charge in [0, 0.05) is 13.1 Å². The molecule has 10 nitrogen and oxygen atoms in total. The average Bonchev–Trinajstić information content (AvgIpc) is 2.24. The summed E-state index contributed by atoms with van der Waals surface area (Å²) in [4.78, 5) is 42.4. The molecule has 0 bridgehead atoms. The minimum atomic E-state index is -2.13. The third-order valence-corrected chi connectivity index (χ3v) is 2.07. The molecule has 0 radical (unpaired) electrons. The summed E-state index contributed by atoms with van der Waals surface area (Å²) in [6.45, 7) is -0.399. The van der Waals surface area contributed by atoms with Gasteiger partial charge in [0.2, 0.25) is 0 Å². The molecule has 0 aromatic rings. The predicted molar refractivity (Wildman–Crippen MR) is 58.7 cm³/mol. The van der Waals surface area contributed by atoms with E-state index < -0.39 is 35.8 Å². The largest absolute Gasteiger partial charge is 0.481 e. The van der Waals surface area contributed by atoms with Crippen LogP contribution in [0.4, 0.5) is 0 Å². The van der Waals surface area contributed by atoms with E-state index in [0.717, 1.165) is 0 Å². The normalized spacial score (nSPS) is 12.1. The topological polar surface area (TPSA) is 173 Å². The second-order valence-electron chi connectivity index (χ2n) is 3.49. The first-order valence-corrected chi connectivity index (χ1v) is 5.11. The SMILES string of the molecule is O=C(O)CNCCNC(C(=O)O)C(C(=O)O)C(=O)O. The van der Waals surface area contributed by atoms with E-state index in [0.29, 0.717) is 0 Å². The highest BCUT2D eigenvalue weighted by Gasteiger charge is 2.39. The van der Waals surface area contributed by atoms with Crippen molar-refractivity contribution in [1.29, 1.82) is 0 Å². The Hall–Kier alpha value is -2.20. The molecule has 0 heterocycles. The molecule has 10 heteroatoms. The van der Waals surface area contributed by atoms with Crippen LogP contribution >= 0.6 is 0 Å². The molecule has 0 saturated heterocycles. The number of carboxylic acid groups (broad SMARTS) is 4. The van der Waals surface area contributed by atoms with Crippen LogP contribution in [0.5, 0.6) is 0 Å². The van der Waals surface area contributed by atoms with E-state index in [4.69, 9.17) is 20.4 Å². The van der Waals surface area contributed by atoms with E-state index in [1.54, 1.807) is 0 Å². The number of nitrogens with one attached hydrogen (secondary N) is 2. The second kappa shape index (κ2) is 8.00. The highest BCUT2D eigenvalue weighted by molar-refractivity contribution is 5.98. The number of hydrogen-bond acceptors (Lipinski definition) is 6. The first-order chi connectivity index (χ1) is 8.77.